The van der Waals surface area contributed by atoms with Gasteiger partial charge in [-0.05, 0) is 0 Å². The Labute approximate surface area is 138 Å². The monoisotopic (exact) mass is 394 g/mol. The van der Waals surface area contributed by atoms with E-state index in [2.05, 4.69) is 0 Å². The van der Waals surface area contributed by atoms with Crippen LogP contribution in [0.25, 0.3) is 0 Å². The van der Waals surface area contributed by atoms with Gasteiger partial charge in [0, 0.05) is 0 Å². The van der Waals surface area contributed by atoms with E-state index >= 15 is 0 Å². The summed E-state index contributed by atoms with van der Waals surface area (Å²) >= 11 is 0. The average molecular weight is 394 g/mol. The fourth-order valence-corrected chi connectivity index (χ4v) is 10.2. The zero-order chi connectivity index (χ0) is 18.9. The van der Waals surface area contributed by atoms with Crippen LogP contribution in [0.15, 0.2) is 4.90 Å². The molecule has 0 unspecified atom stereocenters. The number of rotatable bonds is 7. The molecule has 0 atom stereocenters. The molecule has 0 fully saturated rings. The molecule has 1 rings (SSSR count). The van der Waals surface area contributed by atoms with E-state index in [1.165, 1.54) is 0 Å². The first-order chi connectivity index (χ1) is 10.9. The Morgan fingerprint density at radius 3 is 1.29 bits per heavy atom. The molecule has 10 heteroatoms. The van der Waals surface area contributed by atoms with Gasteiger partial charge in [-0.25, -0.2) is 0 Å². The van der Waals surface area contributed by atoms with Crippen LogP contribution in [0.3, 0.4) is 0 Å². The third kappa shape index (κ3) is 3.18. The Bertz CT molecular complexity index is 695. The van der Waals surface area contributed by atoms with Crippen LogP contribution in [-0.4, -0.2) is 33.1 Å². The van der Waals surface area contributed by atoms with Gasteiger partial charge in [-0.3, -0.25) is 0 Å². The van der Waals surface area contributed by atoms with E-state index in [1.54, 1.807) is 27.7 Å². The summed E-state index contributed by atoms with van der Waals surface area (Å²) in [6.45, 7) is 3.33. The first-order valence-corrected chi connectivity index (χ1v) is 11.7. The van der Waals surface area contributed by atoms with Crippen molar-refractivity contribution >= 4 is 16.9 Å². The summed E-state index contributed by atoms with van der Waals surface area (Å²) in [5.41, 5.74) is 0. The fraction of sp³-hybridized carbons (Fsp3) is 0.571. The summed E-state index contributed by atoms with van der Waals surface area (Å²) in [6.07, 6.45) is 1.18. The molecule has 0 spiro atoms. The molecule has 0 radical (unpaired) electrons. The molecule has 0 aromatic heterocycles. The van der Waals surface area contributed by atoms with E-state index in [0.29, 0.717) is 24.6 Å². The Hall–Kier alpha value is -0.790. The fourth-order valence-electron chi connectivity index (χ4n) is 2.67. The minimum absolute atomic E-state index is 0.295. The maximum absolute atomic E-state index is 13.8. The van der Waals surface area contributed by atoms with Crippen LogP contribution in [0.4, 0.5) is 22.0 Å². The van der Waals surface area contributed by atoms with Gasteiger partial charge < -0.3 is 0 Å². The molecule has 1 aromatic rings. The predicted molar refractivity (Wildman–Crippen MR) is 83.6 cm³/mol. The van der Waals surface area contributed by atoms with Gasteiger partial charge in [0.25, 0.3) is 0 Å². The molecule has 0 saturated carbocycles. The Morgan fingerprint density at radius 2 is 1.00 bits per heavy atom. The van der Waals surface area contributed by atoms with Crippen LogP contribution in [0, 0.1) is 29.1 Å². The van der Waals surface area contributed by atoms with Crippen LogP contribution in [0.1, 0.15) is 27.7 Å². The quantitative estimate of drug-likeness (QED) is 0.293. The molecule has 24 heavy (non-hydrogen) atoms. The van der Waals surface area contributed by atoms with Gasteiger partial charge in [-0.2, -0.15) is 0 Å². The summed E-state index contributed by atoms with van der Waals surface area (Å²) in [6, 6.07) is 0. The molecule has 0 amide bonds. The molecule has 1 aromatic carbocycles. The second-order valence-corrected chi connectivity index (χ2v) is 13.7. The van der Waals surface area contributed by atoms with E-state index in [0.717, 1.165) is 0 Å². The molecule has 0 aliphatic carbocycles. The van der Waals surface area contributed by atoms with Crippen LogP contribution < -0.4 is 0 Å². The molecular formula is C14H20F5O3PS. The zero-order valence-electron chi connectivity index (χ0n) is 13.8. The van der Waals surface area contributed by atoms with Crippen LogP contribution in [-0.2, 0) is 14.1 Å². The van der Waals surface area contributed by atoms with Gasteiger partial charge >= 0.3 is 138 Å². The van der Waals surface area contributed by atoms with Gasteiger partial charge in [0.05, 0.1) is 0 Å². The summed E-state index contributed by atoms with van der Waals surface area (Å²) in [5, 5.41) is 0. The van der Waals surface area contributed by atoms with Crippen LogP contribution in [0.5, 0.6) is 0 Å². The normalized spacial score (nSPS) is 14.5. The number of benzene rings is 1. The summed E-state index contributed by atoms with van der Waals surface area (Å²) in [5.74, 6) is -11.9. The zero-order valence-corrected chi connectivity index (χ0v) is 15.5. The summed E-state index contributed by atoms with van der Waals surface area (Å²) in [4.78, 5) is -1.93. The molecule has 3 nitrogen and oxygen atoms in total. The van der Waals surface area contributed by atoms with Gasteiger partial charge in [-0.15, -0.1) is 0 Å². The second kappa shape index (κ2) is 6.84. The van der Waals surface area contributed by atoms with Crippen molar-refractivity contribution in [3.05, 3.63) is 29.1 Å². The van der Waals surface area contributed by atoms with Crippen molar-refractivity contribution in [2.75, 3.05) is 24.6 Å². The SMILES string of the molecule is CCP(CC)(CC)(CC)OS(=O)(=O)c1c(F)c(F)c(F)c(F)c1F. The molecule has 140 valence electrons. The first-order valence-electron chi connectivity index (χ1n) is 7.42. The van der Waals surface area contributed by atoms with E-state index in [9.17, 15) is 30.4 Å². The number of halogens is 5. The van der Waals surface area contributed by atoms with Crippen molar-refractivity contribution in [3.63, 3.8) is 0 Å². The minimum atomic E-state index is -5.19. The molecule has 0 bridgehead atoms. The first kappa shape index (κ1) is 21.3. The van der Waals surface area contributed by atoms with Crippen molar-refractivity contribution in [1.82, 2.24) is 0 Å². The van der Waals surface area contributed by atoms with E-state index in [1.807, 2.05) is 0 Å². The summed E-state index contributed by atoms with van der Waals surface area (Å²) in [7, 11) is -5.19. The van der Waals surface area contributed by atoms with Gasteiger partial charge in [0.15, 0.2) is 0 Å². The maximum atomic E-state index is 13.8. The summed E-state index contributed by atoms with van der Waals surface area (Å²) < 4.78 is 97.6. The third-order valence-electron chi connectivity index (χ3n) is 4.93. The van der Waals surface area contributed by atoms with Crippen molar-refractivity contribution in [2.45, 2.75) is 32.6 Å². The van der Waals surface area contributed by atoms with Crippen molar-refractivity contribution in [3.8, 4) is 0 Å². The van der Waals surface area contributed by atoms with Crippen molar-refractivity contribution in [2.24, 2.45) is 0 Å². The number of hydrogen-bond donors (Lipinski definition) is 0. The Balaban J connectivity index is 3.70. The Morgan fingerprint density at radius 1 is 0.708 bits per heavy atom. The van der Waals surface area contributed by atoms with E-state index in [-0.39, 0.29) is 0 Å². The molecule has 0 aliphatic heterocycles. The molecule has 0 N–H and O–H groups in total. The number of hydrogen-bond acceptors (Lipinski definition) is 3. The van der Waals surface area contributed by atoms with Crippen LogP contribution >= 0.6 is 6.83 Å². The topological polar surface area (TPSA) is 43.4 Å². The predicted octanol–water partition coefficient (Wildman–Crippen LogP) is 4.64. The van der Waals surface area contributed by atoms with Crippen molar-refractivity contribution < 1.29 is 34.3 Å². The average Bonchev–Trinajstić information content (AvgIpc) is 2.56. The van der Waals surface area contributed by atoms with Crippen molar-refractivity contribution in [1.29, 1.82) is 0 Å². The Kier molecular flexibility index (Phi) is 6.06. The molecular weight excluding hydrogens is 374 g/mol. The van der Waals surface area contributed by atoms with Gasteiger partial charge in [-0.1, -0.05) is 0 Å². The van der Waals surface area contributed by atoms with Gasteiger partial charge in [0.1, 0.15) is 0 Å². The van der Waals surface area contributed by atoms with Gasteiger partial charge in [0.2, 0.25) is 0 Å². The van der Waals surface area contributed by atoms with Crippen LogP contribution in [0.2, 0.25) is 0 Å². The van der Waals surface area contributed by atoms with E-state index < -0.39 is 50.9 Å². The van der Waals surface area contributed by atoms with E-state index in [4.69, 9.17) is 3.97 Å². The standard InChI is InChI=1S/C14H20F5O3PS/c1-5-23(6-2,7-3,8-4)22-24(20,21)14-12(18)10(16)9(15)11(17)13(14)19/h5-8H2,1-4H3. The molecule has 0 aliphatic rings. The molecule has 0 saturated heterocycles. The molecule has 0 heterocycles. The second-order valence-electron chi connectivity index (χ2n) is 5.55. The third-order valence-corrected chi connectivity index (χ3v) is 14.7.